The first-order valence-electron chi connectivity index (χ1n) is 21.0. The maximum atomic E-state index is 16.0. The maximum Gasteiger partial charge on any atom is 0.280 e. The van der Waals surface area contributed by atoms with Crippen molar-refractivity contribution >= 4 is 46.7 Å². The van der Waals surface area contributed by atoms with Crippen molar-refractivity contribution in [1.82, 2.24) is 29.9 Å². The van der Waals surface area contributed by atoms with Crippen LogP contribution in [0.4, 0.5) is 30.2 Å². The number of carbonyl (C=O) groups excluding carboxylic acids is 4. The fourth-order valence-corrected chi connectivity index (χ4v) is 9.05. The molecule has 3 fully saturated rings. The number of nitrogens with zero attached hydrogens (tertiary/aromatic N) is 8. The van der Waals surface area contributed by atoms with E-state index in [4.69, 9.17) is 4.74 Å². The van der Waals surface area contributed by atoms with Crippen molar-refractivity contribution in [2.24, 2.45) is 23.9 Å². The second kappa shape index (κ2) is 16.5. The molecule has 0 aliphatic carbocycles. The van der Waals surface area contributed by atoms with E-state index in [1.807, 2.05) is 11.0 Å². The normalized spacial score (nSPS) is 21.9. The van der Waals surface area contributed by atoms with Crippen LogP contribution in [0.2, 0.25) is 0 Å². The van der Waals surface area contributed by atoms with Crippen molar-refractivity contribution in [2.45, 2.75) is 52.0 Å². The van der Waals surface area contributed by atoms with E-state index < -0.39 is 41.1 Å². The van der Waals surface area contributed by atoms with Gasteiger partial charge in [0.2, 0.25) is 29.6 Å². The van der Waals surface area contributed by atoms with Crippen molar-refractivity contribution in [2.75, 3.05) is 67.5 Å². The summed E-state index contributed by atoms with van der Waals surface area (Å²) in [5.74, 6) is -4.37. The van der Waals surface area contributed by atoms with E-state index in [0.717, 1.165) is 18.4 Å². The molecule has 15 nitrogen and oxygen atoms in total. The number of nitrogens with one attached hydrogen (secondary N) is 2. The number of ether oxygens (including phenoxy) is 1. The van der Waals surface area contributed by atoms with Crippen molar-refractivity contribution in [3.63, 3.8) is 0 Å². The third kappa shape index (κ3) is 7.98. The first kappa shape index (κ1) is 41.1. The zero-order valence-corrected chi connectivity index (χ0v) is 34.7. The fourth-order valence-electron chi connectivity index (χ4n) is 9.05. The number of fused-ring (bicyclic) bond motifs is 7. The van der Waals surface area contributed by atoms with Crippen molar-refractivity contribution in [3.05, 3.63) is 82.4 Å². The number of carbonyl (C=O) groups is 4. The zero-order chi connectivity index (χ0) is 43.4. The molecule has 2 aromatic carbocycles. The first-order chi connectivity index (χ1) is 29.8. The molecule has 2 bridgehead atoms. The second-order valence-electron chi connectivity index (χ2n) is 16.9. The van der Waals surface area contributed by atoms with Gasteiger partial charge in [-0.1, -0.05) is 6.92 Å². The van der Waals surface area contributed by atoms with E-state index >= 15 is 13.2 Å². The third-order valence-electron chi connectivity index (χ3n) is 12.4. The van der Waals surface area contributed by atoms with Crippen LogP contribution in [0.25, 0.3) is 11.3 Å². The number of benzene rings is 2. The Kier molecular flexibility index (Phi) is 10.9. The van der Waals surface area contributed by atoms with Crippen LogP contribution in [0.5, 0.6) is 5.88 Å². The molecule has 2 N–H and O–H groups in total. The van der Waals surface area contributed by atoms with Gasteiger partial charge in [-0.2, -0.15) is 10.1 Å². The molecule has 3 saturated heterocycles. The highest BCUT2D eigenvalue weighted by molar-refractivity contribution is 6.19. The van der Waals surface area contributed by atoms with Crippen molar-refractivity contribution < 1.29 is 37.1 Å². The van der Waals surface area contributed by atoms with E-state index in [9.17, 15) is 19.2 Å². The topological polar surface area (TPSA) is 158 Å². The number of aryl methyl sites for hydroxylation is 2. The number of hydrogen-bond donors (Lipinski definition) is 2. The van der Waals surface area contributed by atoms with Gasteiger partial charge in [-0.25, -0.2) is 17.9 Å². The molecular formula is C44H47F3N10O5. The highest BCUT2D eigenvalue weighted by Crippen LogP contribution is 2.39. The Labute approximate surface area is 355 Å². The fraction of sp³-hybridized carbons (Fsp3) is 0.432. The van der Waals surface area contributed by atoms with Gasteiger partial charge < -0.3 is 24.8 Å². The average Bonchev–Trinajstić information content (AvgIpc) is 3.75. The van der Waals surface area contributed by atoms with E-state index in [1.165, 1.54) is 18.2 Å². The summed E-state index contributed by atoms with van der Waals surface area (Å²) in [6.45, 7) is 7.94. The monoisotopic (exact) mass is 852 g/mol. The third-order valence-corrected chi connectivity index (χ3v) is 12.4. The molecule has 0 saturated carbocycles. The van der Waals surface area contributed by atoms with Crippen LogP contribution >= 0.6 is 0 Å². The molecule has 18 heteroatoms. The summed E-state index contributed by atoms with van der Waals surface area (Å²) in [5.41, 5.74) is 3.69. The molecular weight excluding hydrogens is 806 g/mol. The lowest BCUT2D eigenvalue weighted by Crippen LogP contribution is -2.58. The standard InChI is InChI=1S/C44H47F3N10O5/c1-24-5-4-12-62-43-31(19-48-53(43)3)35-16-27(13-25(2)49-35)40(59)52-44-51-39-34(47)14-26(15-36(39)57(44)20-24)21-54-8-10-55(11-9-54)42(61)28-22-56(23-28)29-17-32(45)38(33(46)18-29)30-6-7-37(58)50-41(30)60/h13-19,24,28,30H,4-12,20-23H2,1-3H3,(H,50,58,60)(H,51,52,59)/t24-,30-/m1/s1. The Morgan fingerprint density at radius 2 is 1.68 bits per heavy atom. The summed E-state index contributed by atoms with van der Waals surface area (Å²) >= 11 is 0. The lowest BCUT2D eigenvalue weighted by atomic mass is 9.89. The van der Waals surface area contributed by atoms with E-state index in [-0.39, 0.29) is 53.5 Å². The molecule has 4 amide bonds. The average molecular weight is 853 g/mol. The van der Waals surface area contributed by atoms with Crippen molar-refractivity contribution in [1.29, 1.82) is 0 Å². The predicted molar refractivity (Wildman–Crippen MR) is 223 cm³/mol. The maximum absolute atomic E-state index is 16.0. The first-order valence-corrected chi connectivity index (χ1v) is 21.0. The molecule has 0 spiro atoms. The van der Waals surface area contributed by atoms with Crippen LogP contribution < -0.4 is 25.2 Å². The smallest absolute Gasteiger partial charge is 0.280 e. The summed E-state index contributed by atoms with van der Waals surface area (Å²) in [4.78, 5) is 67.8. The largest absolute Gasteiger partial charge is 0.477 e. The molecule has 62 heavy (non-hydrogen) atoms. The minimum absolute atomic E-state index is 0.00585. The number of aromatic nitrogens is 3. The van der Waals surface area contributed by atoms with Crippen LogP contribution in [-0.4, -0.2) is 107 Å². The Morgan fingerprint density at radius 3 is 2.42 bits per heavy atom. The lowest BCUT2D eigenvalue weighted by Gasteiger charge is -2.44. The van der Waals surface area contributed by atoms with E-state index in [2.05, 4.69) is 37.5 Å². The minimum Gasteiger partial charge on any atom is -0.477 e. The van der Waals surface area contributed by atoms with Crippen LogP contribution in [0.1, 0.15) is 65.7 Å². The highest BCUT2D eigenvalue weighted by Gasteiger charge is 2.39. The quantitative estimate of drug-likeness (QED) is 0.267. The number of halogens is 3. The van der Waals surface area contributed by atoms with Gasteiger partial charge >= 0.3 is 0 Å². The molecule has 4 aromatic rings. The van der Waals surface area contributed by atoms with Gasteiger partial charge in [0.25, 0.3) is 5.91 Å². The number of aliphatic imine (C=N–C) groups is 1. The number of amides is 4. The predicted octanol–water partition coefficient (Wildman–Crippen LogP) is 4.75. The Morgan fingerprint density at radius 1 is 0.919 bits per heavy atom. The van der Waals surface area contributed by atoms with Crippen molar-refractivity contribution in [3.8, 4) is 17.1 Å². The minimum atomic E-state index is -1.08. The lowest BCUT2D eigenvalue weighted by molar-refractivity contribution is -0.138. The molecule has 324 valence electrons. The van der Waals surface area contributed by atoms with Gasteiger partial charge in [-0.05, 0) is 74.1 Å². The van der Waals surface area contributed by atoms with Gasteiger partial charge in [0.05, 0.1) is 41.6 Å². The Balaban J connectivity index is 0.846. The molecule has 5 aliphatic rings. The molecule has 2 aromatic heterocycles. The van der Waals surface area contributed by atoms with Gasteiger partial charge in [0.15, 0.2) is 0 Å². The summed E-state index contributed by atoms with van der Waals surface area (Å²) in [6.07, 6.45) is 3.26. The number of pyridine rings is 1. The van der Waals surface area contributed by atoms with Gasteiger partial charge in [-0.15, -0.1) is 0 Å². The zero-order valence-electron chi connectivity index (χ0n) is 34.7. The van der Waals surface area contributed by atoms with Crippen LogP contribution in [-0.2, 0) is 28.0 Å². The number of guanidine groups is 1. The highest BCUT2D eigenvalue weighted by atomic mass is 19.1. The molecule has 0 unspecified atom stereocenters. The number of imide groups is 1. The van der Waals surface area contributed by atoms with Crippen LogP contribution in [0.3, 0.4) is 0 Å². The van der Waals surface area contributed by atoms with Gasteiger partial charge in [0, 0.05) is 88.3 Å². The molecule has 7 heterocycles. The molecule has 5 aliphatic heterocycles. The van der Waals surface area contributed by atoms with Crippen LogP contribution in [0.15, 0.2) is 47.6 Å². The number of anilines is 3. The van der Waals surface area contributed by atoms with E-state index in [0.29, 0.717) is 93.0 Å². The molecule has 9 rings (SSSR count). The summed E-state index contributed by atoms with van der Waals surface area (Å²) in [6, 6.07) is 9.13. The summed E-state index contributed by atoms with van der Waals surface area (Å²) in [7, 11) is 1.80. The molecule has 2 atom stereocenters. The van der Waals surface area contributed by atoms with Crippen LogP contribution in [0, 0.1) is 36.2 Å². The Hall–Kier alpha value is -6.30. The number of hydrogen-bond acceptors (Lipinski definition) is 11. The number of piperidine rings is 1. The van der Waals surface area contributed by atoms with Gasteiger partial charge in [-0.3, -0.25) is 34.4 Å². The van der Waals surface area contributed by atoms with E-state index in [1.54, 1.807) is 46.8 Å². The number of rotatable bonds is 5. The Bertz CT molecular complexity index is 2490. The molecule has 0 radical (unpaired) electrons. The SMILES string of the molecule is Cc1cc2cc(n1)-c1cnn(C)c1OCCC[C@@H](C)CN1/C(=N/C2=O)Nc2c(F)cc(CN3CCN(C(=O)C4CN(c5cc(F)c([C@H]6CCC(=O)NC6=O)c(F)c5)C4)CC3)cc21. The summed E-state index contributed by atoms with van der Waals surface area (Å²) < 4.78 is 54.1. The number of piperazine rings is 1. The van der Waals surface area contributed by atoms with Gasteiger partial charge in [0.1, 0.15) is 23.1 Å². The summed E-state index contributed by atoms with van der Waals surface area (Å²) in [5, 5.41) is 9.61. The second-order valence-corrected chi connectivity index (χ2v) is 16.9.